The van der Waals surface area contributed by atoms with Crippen molar-refractivity contribution in [2.24, 2.45) is 11.8 Å². The lowest BCUT2D eigenvalue weighted by Crippen LogP contribution is -2.22. The van der Waals surface area contributed by atoms with Gasteiger partial charge in [-0.15, -0.1) is 0 Å². The number of hydrogen-bond acceptors (Lipinski definition) is 6. The van der Waals surface area contributed by atoms with Crippen LogP contribution in [0.4, 0.5) is 0 Å². The Kier molecular flexibility index (Phi) is 8.38. The Balaban J connectivity index is 1.33. The van der Waals surface area contributed by atoms with Gasteiger partial charge >= 0.3 is 5.97 Å². The highest BCUT2D eigenvalue weighted by Crippen LogP contribution is 2.43. The maximum absolute atomic E-state index is 11.9. The van der Waals surface area contributed by atoms with Crippen LogP contribution in [-0.4, -0.2) is 54.3 Å². The van der Waals surface area contributed by atoms with Crippen LogP contribution in [0, 0.1) is 11.8 Å². The first-order valence-corrected chi connectivity index (χ1v) is 12.2. The molecule has 4 rings (SSSR count). The highest BCUT2D eigenvalue weighted by Gasteiger charge is 2.43. The Bertz CT molecular complexity index is 941. The van der Waals surface area contributed by atoms with E-state index in [-0.39, 0.29) is 36.4 Å². The molecule has 1 saturated carbocycles. The minimum Gasteiger partial charge on any atom is -0.491 e. The van der Waals surface area contributed by atoms with Crippen LogP contribution in [0.2, 0.25) is 0 Å². The van der Waals surface area contributed by atoms with Crippen LogP contribution in [0.15, 0.2) is 66.7 Å². The van der Waals surface area contributed by atoms with Crippen LogP contribution in [0.25, 0.3) is 0 Å². The second kappa shape index (κ2) is 11.6. The molecule has 0 spiro atoms. The largest absolute Gasteiger partial charge is 0.491 e. The van der Waals surface area contributed by atoms with E-state index in [9.17, 15) is 15.0 Å². The van der Waals surface area contributed by atoms with Gasteiger partial charge in [0.15, 0.2) is 0 Å². The standard InChI is InChI=1S/C28H34O6/c1-2-32-28(31)20-10-8-19(9-11-20)21-12-14-25-24(26(30)16-27(25)34-17-21)15-13-22(29)18-33-23-6-4-3-5-7-23/h3-11,13,15,21-22,24-27,29-30H,2,12,14,16-18H2,1H3/b15-13+/t21-,22+,24+,25+,26+,27-/m0/s1. The Labute approximate surface area is 201 Å². The van der Waals surface area contributed by atoms with Crippen LogP contribution < -0.4 is 4.74 Å². The molecule has 0 bridgehead atoms. The van der Waals surface area contributed by atoms with Crippen molar-refractivity contribution in [1.82, 2.24) is 0 Å². The number of rotatable bonds is 8. The van der Waals surface area contributed by atoms with Gasteiger partial charge in [-0.3, -0.25) is 0 Å². The van der Waals surface area contributed by atoms with Crippen molar-refractivity contribution in [1.29, 1.82) is 0 Å². The number of hydrogen-bond donors (Lipinski definition) is 2. The first kappa shape index (κ1) is 24.5. The molecule has 6 atom stereocenters. The normalized spacial score (nSPS) is 27.7. The molecule has 2 aromatic rings. The average Bonchev–Trinajstić information content (AvgIpc) is 3.01. The average molecular weight is 467 g/mol. The molecule has 2 fully saturated rings. The zero-order valence-corrected chi connectivity index (χ0v) is 19.6. The zero-order valence-electron chi connectivity index (χ0n) is 19.6. The van der Waals surface area contributed by atoms with Gasteiger partial charge in [-0.1, -0.05) is 42.5 Å². The van der Waals surface area contributed by atoms with Gasteiger partial charge in [0, 0.05) is 18.3 Å². The van der Waals surface area contributed by atoms with Crippen LogP contribution in [0.5, 0.6) is 5.75 Å². The number of aliphatic hydroxyl groups is 2. The molecule has 0 radical (unpaired) electrons. The molecule has 0 aromatic heterocycles. The fraction of sp³-hybridized carbons (Fsp3) is 0.464. The summed E-state index contributed by atoms with van der Waals surface area (Å²) in [5.74, 6) is 0.808. The maximum Gasteiger partial charge on any atom is 0.338 e. The van der Waals surface area contributed by atoms with E-state index in [2.05, 4.69) is 0 Å². The maximum atomic E-state index is 11.9. The van der Waals surface area contributed by atoms with Gasteiger partial charge in [0.2, 0.25) is 0 Å². The molecule has 182 valence electrons. The number of carbonyl (C=O) groups excluding carboxylic acids is 1. The summed E-state index contributed by atoms with van der Waals surface area (Å²) in [6.45, 7) is 2.91. The monoisotopic (exact) mass is 466 g/mol. The molecular weight excluding hydrogens is 432 g/mol. The van der Waals surface area contributed by atoms with Crippen LogP contribution in [0.3, 0.4) is 0 Å². The van der Waals surface area contributed by atoms with E-state index in [0.29, 0.717) is 25.2 Å². The highest BCUT2D eigenvalue weighted by atomic mass is 16.5. The van der Waals surface area contributed by atoms with Crippen LogP contribution in [-0.2, 0) is 9.47 Å². The molecular formula is C28H34O6. The van der Waals surface area contributed by atoms with Gasteiger partial charge in [0.05, 0.1) is 31.0 Å². The fourth-order valence-electron chi connectivity index (χ4n) is 5.04. The van der Waals surface area contributed by atoms with Crippen molar-refractivity contribution in [3.05, 3.63) is 77.9 Å². The fourth-order valence-corrected chi connectivity index (χ4v) is 5.04. The summed E-state index contributed by atoms with van der Waals surface area (Å²) in [5, 5.41) is 21.0. The first-order valence-electron chi connectivity index (χ1n) is 12.2. The van der Waals surface area contributed by atoms with Crippen LogP contribution >= 0.6 is 0 Å². The third kappa shape index (κ3) is 6.06. The predicted molar refractivity (Wildman–Crippen MR) is 129 cm³/mol. The molecule has 6 heteroatoms. The van der Waals surface area contributed by atoms with Crippen molar-refractivity contribution < 1.29 is 29.2 Å². The summed E-state index contributed by atoms with van der Waals surface area (Å²) in [4.78, 5) is 11.9. The van der Waals surface area contributed by atoms with Gasteiger partial charge < -0.3 is 24.4 Å². The lowest BCUT2D eigenvalue weighted by Gasteiger charge is -2.21. The number of fused-ring (bicyclic) bond motifs is 1. The Morgan fingerprint density at radius 2 is 1.91 bits per heavy atom. The van der Waals surface area contributed by atoms with Crippen molar-refractivity contribution >= 4 is 5.97 Å². The quantitative estimate of drug-likeness (QED) is 0.450. The topological polar surface area (TPSA) is 85.2 Å². The third-order valence-corrected chi connectivity index (χ3v) is 6.86. The van der Waals surface area contributed by atoms with E-state index in [1.807, 2.05) is 60.7 Å². The Morgan fingerprint density at radius 3 is 2.65 bits per heavy atom. The molecule has 2 aliphatic rings. The molecule has 2 N–H and O–H groups in total. The van der Waals surface area contributed by atoms with Gasteiger partial charge in [-0.2, -0.15) is 0 Å². The van der Waals surface area contributed by atoms with Crippen molar-refractivity contribution in [3.63, 3.8) is 0 Å². The van der Waals surface area contributed by atoms with Gasteiger partial charge in [0.25, 0.3) is 0 Å². The minimum atomic E-state index is -0.746. The second-order valence-electron chi connectivity index (χ2n) is 9.11. The third-order valence-electron chi connectivity index (χ3n) is 6.86. The molecule has 0 amide bonds. The van der Waals surface area contributed by atoms with Crippen molar-refractivity contribution in [3.8, 4) is 5.75 Å². The summed E-state index contributed by atoms with van der Waals surface area (Å²) in [7, 11) is 0. The summed E-state index contributed by atoms with van der Waals surface area (Å²) in [6, 6.07) is 17.0. The summed E-state index contributed by atoms with van der Waals surface area (Å²) in [5.41, 5.74) is 1.70. The van der Waals surface area contributed by atoms with E-state index in [0.717, 1.165) is 24.2 Å². The van der Waals surface area contributed by atoms with Crippen molar-refractivity contribution in [2.45, 2.75) is 50.4 Å². The lowest BCUT2D eigenvalue weighted by atomic mass is 9.85. The predicted octanol–water partition coefficient (Wildman–Crippen LogP) is 4.12. The Morgan fingerprint density at radius 1 is 1.15 bits per heavy atom. The molecule has 34 heavy (non-hydrogen) atoms. The van der Waals surface area contributed by atoms with Gasteiger partial charge in [-0.25, -0.2) is 4.79 Å². The number of carbonyl (C=O) groups is 1. The van der Waals surface area contributed by atoms with Gasteiger partial charge in [-0.05, 0) is 55.5 Å². The van der Waals surface area contributed by atoms with E-state index in [1.165, 1.54) is 0 Å². The molecule has 0 unspecified atom stereocenters. The minimum absolute atomic E-state index is 0.00571. The number of aliphatic hydroxyl groups excluding tert-OH is 2. The SMILES string of the molecule is CCOC(=O)c1ccc([C@H]2CC[C@@H]3[C@@H](/C=C/[C@@H](O)COc4ccccc4)[C@H](O)C[C@@H]3OC2)cc1. The number of para-hydroxylation sites is 1. The van der Waals surface area contributed by atoms with E-state index < -0.39 is 12.2 Å². The second-order valence-corrected chi connectivity index (χ2v) is 9.11. The molecule has 6 nitrogen and oxygen atoms in total. The first-order chi connectivity index (χ1) is 16.5. The van der Waals surface area contributed by atoms with Crippen molar-refractivity contribution in [2.75, 3.05) is 19.8 Å². The molecule has 1 aliphatic heterocycles. The van der Waals surface area contributed by atoms with E-state index in [4.69, 9.17) is 14.2 Å². The summed E-state index contributed by atoms with van der Waals surface area (Å²) in [6.07, 6.45) is 4.92. The van der Waals surface area contributed by atoms with Crippen LogP contribution in [0.1, 0.15) is 48.0 Å². The number of esters is 1. The number of benzene rings is 2. The lowest BCUT2D eigenvalue weighted by molar-refractivity contribution is 0.0287. The van der Waals surface area contributed by atoms with E-state index in [1.54, 1.807) is 13.0 Å². The highest BCUT2D eigenvalue weighted by molar-refractivity contribution is 5.89. The summed E-state index contributed by atoms with van der Waals surface area (Å²) >= 11 is 0. The van der Waals surface area contributed by atoms with Gasteiger partial charge in [0.1, 0.15) is 18.5 Å². The number of ether oxygens (including phenoxy) is 3. The molecule has 2 aromatic carbocycles. The summed E-state index contributed by atoms with van der Waals surface area (Å²) < 4.78 is 16.9. The molecule has 1 heterocycles. The Hall–Kier alpha value is -2.67. The van der Waals surface area contributed by atoms with E-state index >= 15 is 0 Å². The molecule has 1 aliphatic carbocycles. The smallest absolute Gasteiger partial charge is 0.338 e. The molecule has 1 saturated heterocycles. The zero-order chi connectivity index (χ0) is 23.9.